The van der Waals surface area contributed by atoms with Crippen molar-refractivity contribution < 1.29 is 4.79 Å². The number of halogens is 1. The molecule has 2 aromatic rings. The monoisotopic (exact) mass is 352 g/mol. The molecule has 1 aliphatic heterocycles. The Labute approximate surface area is 147 Å². The lowest BCUT2D eigenvalue weighted by molar-refractivity contribution is -0.122. The lowest BCUT2D eigenvalue weighted by atomic mass is 10.0. The van der Waals surface area contributed by atoms with Crippen LogP contribution in [0, 0.1) is 0 Å². The molecule has 0 spiro atoms. The molecule has 0 saturated carbocycles. The Morgan fingerprint density at radius 2 is 1.96 bits per heavy atom. The Bertz CT molecular complexity index is 768. The molecule has 1 saturated heterocycles. The maximum atomic E-state index is 12.5. The molecule has 2 unspecified atom stereocenters. The molecule has 1 aromatic carbocycles. The van der Waals surface area contributed by atoms with Gasteiger partial charge >= 0.3 is 5.69 Å². The van der Waals surface area contributed by atoms with Crippen molar-refractivity contribution in [3.05, 3.63) is 34.7 Å². The molecule has 132 valence electrons. The van der Waals surface area contributed by atoms with Crippen LogP contribution >= 0.6 is 12.4 Å². The zero-order valence-corrected chi connectivity index (χ0v) is 14.9. The van der Waals surface area contributed by atoms with Crippen molar-refractivity contribution in [2.45, 2.75) is 51.9 Å². The molecule has 1 aromatic heterocycles. The van der Waals surface area contributed by atoms with Crippen molar-refractivity contribution >= 4 is 29.3 Å². The Hall–Kier alpha value is -1.79. The van der Waals surface area contributed by atoms with Gasteiger partial charge in [-0.05, 0) is 45.4 Å². The summed E-state index contributed by atoms with van der Waals surface area (Å²) in [5, 5.41) is 6.44. The van der Waals surface area contributed by atoms with Crippen molar-refractivity contribution in [3.63, 3.8) is 0 Å². The van der Waals surface area contributed by atoms with Gasteiger partial charge in [-0.2, -0.15) is 0 Å². The molecule has 2 heterocycles. The van der Waals surface area contributed by atoms with Crippen LogP contribution in [-0.4, -0.2) is 33.7 Å². The molecule has 1 amide bonds. The molecule has 2 atom stereocenters. The number of imidazole rings is 1. The van der Waals surface area contributed by atoms with Crippen LogP contribution in [0.15, 0.2) is 29.1 Å². The lowest BCUT2D eigenvalue weighted by Gasteiger charge is -2.28. The number of rotatable bonds is 4. The minimum absolute atomic E-state index is 0. The first-order chi connectivity index (χ1) is 11.1. The SMILES string of the molecule is CCn1c(=O)n(CC(=O)NC2CCNC(C)C2)c2ccccc21.Cl. The first kappa shape index (κ1) is 18.5. The maximum absolute atomic E-state index is 12.5. The number of nitrogens with one attached hydrogen (secondary N) is 2. The highest BCUT2D eigenvalue weighted by Gasteiger charge is 2.21. The fourth-order valence-electron chi connectivity index (χ4n) is 3.41. The number of benzene rings is 1. The second-order valence-corrected chi connectivity index (χ2v) is 6.25. The number of nitrogens with zero attached hydrogens (tertiary/aromatic N) is 2. The van der Waals surface area contributed by atoms with E-state index in [0.29, 0.717) is 12.6 Å². The molecule has 0 aliphatic carbocycles. The summed E-state index contributed by atoms with van der Waals surface area (Å²) in [5.74, 6) is -0.0924. The standard InChI is InChI=1S/C17H24N4O2.ClH/c1-3-20-14-6-4-5-7-15(14)21(17(20)23)11-16(22)19-13-8-9-18-12(2)10-13;/h4-7,12-13,18H,3,8-11H2,1-2H3,(H,19,22);1H. The minimum atomic E-state index is -0.123. The molecular weight excluding hydrogens is 328 g/mol. The largest absolute Gasteiger partial charge is 0.352 e. The van der Waals surface area contributed by atoms with Crippen molar-refractivity contribution in [1.82, 2.24) is 19.8 Å². The molecule has 3 rings (SSSR count). The van der Waals surface area contributed by atoms with E-state index in [4.69, 9.17) is 0 Å². The second-order valence-electron chi connectivity index (χ2n) is 6.25. The molecule has 2 N–H and O–H groups in total. The van der Waals surface area contributed by atoms with Gasteiger partial charge in [0.2, 0.25) is 5.91 Å². The fraction of sp³-hybridized carbons (Fsp3) is 0.529. The quantitative estimate of drug-likeness (QED) is 0.876. The third-order valence-corrected chi connectivity index (χ3v) is 4.53. The van der Waals surface area contributed by atoms with E-state index in [2.05, 4.69) is 17.6 Å². The van der Waals surface area contributed by atoms with E-state index in [1.165, 1.54) is 0 Å². The van der Waals surface area contributed by atoms with E-state index >= 15 is 0 Å². The Balaban J connectivity index is 0.00000208. The van der Waals surface area contributed by atoms with E-state index in [-0.39, 0.29) is 36.6 Å². The van der Waals surface area contributed by atoms with Crippen LogP contribution in [-0.2, 0) is 17.9 Å². The van der Waals surface area contributed by atoms with Gasteiger partial charge in [0.05, 0.1) is 11.0 Å². The van der Waals surface area contributed by atoms with E-state index in [1.54, 1.807) is 9.13 Å². The number of para-hydroxylation sites is 2. The molecule has 0 radical (unpaired) electrons. The third-order valence-electron chi connectivity index (χ3n) is 4.53. The lowest BCUT2D eigenvalue weighted by Crippen LogP contribution is -2.47. The van der Waals surface area contributed by atoms with Crippen LogP contribution in [0.5, 0.6) is 0 Å². The Morgan fingerprint density at radius 1 is 1.29 bits per heavy atom. The van der Waals surface area contributed by atoms with Crippen molar-refractivity contribution in [1.29, 1.82) is 0 Å². The topological polar surface area (TPSA) is 68.1 Å². The summed E-state index contributed by atoms with van der Waals surface area (Å²) in [6, 6.07) is 8.22. The van der Waals surface area contributed by atoms with Gasteiger partial charge in [0, 0.05) is 18.6 Å². The van der Waals surface area contributed by atoms with E-state index in [0.717, 1.165) is 30.4 Å². The van der Waals surface area contributed by atoms with E-state index < -0.39 is 0 Å². The number of aromatic nitrogens is 2. The van der Waals surface area contributed by atoms with Gasteiger partial charge in [-0.3, -0.25) is 13.9 Å². The van der Waals surface area contributed by atoms with Gasteiger partial charge in [-0.1, -0.05) is 12.1 Å². The Morgan fingerprint density at radius 3 is 2.58 bits per heavy atom. The highest BCUT2D eigenvalue weighted by atomic mass is 35.5. The average molecular weight is 353 g/mol. The van der Waals surface area contributed by atoms with Gasteiger partial charge in [-0.15, -0.1) is 12.4 Å². The smallest absolute Gasteiger partial charge is 0.329 e. The number of piperidine rings is 1. The average Bonchev–Trinajstić information content (AvgIpc) is 2.79. The van der Waals surface area contributed by atoms with Crippen LogP contribution in [0.3, 0.4) is 0 Å². The Kier molecular flexibility index (Phi) is 6.07. The summed E-state index contributed by atoms with van der Waals surface area (Å²) in [5.41, 5.74) is 1.57. The number of hydrogen-bond acceptors (Lipinski definition) is 3. The highest BCUT2D eigenvalue weighted by molar-refractivity contribution is 5.85. The second kappa shape index (κ2) is 7.85. The molecular formula is C17H25ClN4O2. The molecule has 1 fully saturated rings. The summed E-state index contributed by atoms with van der Waals surface area (Å²) >= 11 is 0. The van der Waals surface area contributed by atoms with Crippen molar-refractivity contribution in [2.24, 2.45) is 0 Å². The number of fused-ring (bicyclic) bond motifs is 1. The molecule has 24 heavy (non-hydrogen) atoms. The third kappa shape index (κ3) is 3.65. The van der Waals surface area contributed by atoms with Gasteiger partial charge in [-0.25, -0.2) is 4.79 Å². The van der Waals surface area contributed by atoms with E-state index in [9.17, 15) is 9.59 Å². The van der Waals surface area contributed by atoms with Gasteiger partial charge in [0.15, 0.2) is 0 Å². The summed E-state index contributed by atoms with van der Waals surface area (Å²) in [6.45, 7) is 5.65. The van der Waals surface area contributed by atoms with E-state index in [1.807, 2.05) is 31.2 Å². The number of aryl methyl sites for hydroxylation is 1. The number of carbonyl (C=O) groups is 1. The molecule has 0 bridgehead atoms. The highest BCUT2D eigenvalue weighted by Crippen LogP contribution is 2.13. The predicted octanol–water partition coefficient (Wildman–Crippen LogP) is 1.50. The van der Waals surface area contributed by atoms with Crippen LogP contribution in [0.2, 0.25) is 0 Å². The fourth-order valence-corrected chi connectivity index (χ4v) is 3.41. The number of amides is 1. The molecule has 1 aliphatic rings. The summed E-state index contributed by atoms with van der Waals surface area (Å²) in [7, 11) is 0. The van der Waals surface area contributed by atoms with Crippen LogP contribution in [0.1, 0.15) is 26.7 Å². The van der Waals surface area contributed by atoms with Gasteiger partial charge in [0.1, 0.15) is 6.54 Å². The predicted molar refractivity (Wildman–Crippen MR) is 97.7 cm³/mol. The maximum Gasteiger partial charge on any atom is 0.329 e. The van der Waals surface area contributed by atoms with Crippen LogP contribution < -0.4 is 16.3 Å². The molecule has 6 nitrogen and oxygen atoms in total. The van der Waals surface area contributed by atoms with Crippen molar-refractivity contribution in [2.75, 3.05) is 6.54 Å². The van der Waals surface area contributed by atoms with Crippen molar-refractivity contribution in [3.8, 4) is 0 Å². The zero-order chi connectivity index (χ0) is 16.4. The first-order valence-corrected chi connectivity index (χ1v) is 8.31. The summed E-state index contributed by atoms with van der Waals surface area (Å²) in [4.78, 5) is 24.9. The summed E-state index contributed by atoms with van der Waals surface area (Å²) in [6.07, 6.45) is 1.86. The normalized spacial score (nSPS) is 20.6. The molecule has 7 heteroatoms. The number of hydrogen-bond donors (Lipinski definition) is 2. The zero-order valence-electron chi connectivity index (χ0n) is 14.1. The van der Waals surface area contributed by atoms with Gasteiger partial charge in [0.25, 0.3) is 0 Å². The number of carbonyl (C=O) groups excluding carboxylic acids is 1. The van der Waals surface area contributed by atoms with Crippen LogP contribution in [0.25, 0.3) is 11.0 Å². The summed E-state index contributed by atoms with van der Waals surface area (Å²) < 4.78 is 3.27. The first-order valence-electron chi connectivity index (χ1n) is 8.31. The van der Waals surface area contributed by atoms with Gasteiger partial charge < -0.3 is 10.6 Å². The minimum Gasteiger partial charge on any atom is -0.352 e. The van der Waals surface area contributed by atoms with Crippen LogP contribution in [0.4, 0.5) is 0 Å².